The lowest BCUT2D eigenvalue weighted by Gasteiger charge is -2.03. The molecule has 1 amide bonds. The Balaban J connectivity index is 2.19. The minimum Gasteiger partial charge on any atom is -0.466 e. The highest BCUT2D eigenvalue weighted by molar-refractivity contribution is 7.17. The molecule has 4 nitrogen and oxygen atoms in total. The smallest absolute Gasteiger partial charge is 0.305 e. The Morgan fingerprint density at radius 3 is 2.82 bits per heavy atom. The summed E-state index contributed by atoms with van der Waals surface area (Å²) < 4.78 is 5.35. The van der Waals surface area contributed by atoms with Crippen LogP contribution in [0.2, 0.25) is 4.34 Å². The van der Waals surface area contributed by atoms with Crippen molar-refractivity contribution in [1.29, 1.82) is 0 Å². The van der Waals surface area contributed by atoms with E-state index in [1.54, 1.807) is 19.1 Å². The number of ether oxygens (including phenoxy) is 1. The number of carbonyl (C=O) groups excluding carboxylic acids is 2. The number of carbonyl (C=O) groups is 2. The minimum atomic E-state index is -0.235. The van der Waals surface area contributed by atoms with Crippen LogP contribution >= 0.6 is 22.9 Å². The lowest BCUT2D eigenvalue weighted by atomic mass is 10.3. The molecule has 0 spiro atoms. The number of halogens is 1. The highest BCUT2D eigenvalue weighted by Gasteiger charge is 2.08. The van der Waals surface area contributed by atoms with Crippen LogP contribution in [0.3, 0.4) is 0 Å². The number of rotatable bonds is 6. The maximum atomic E-state index is 11.6. The van der Waals surface area contributed by atoms with E-state index in [2.05, 4.69) is 5.32 Å². The van der Waals surface area contributed by atoms with Crippen LogP contribution in [0.1, 0.15) is 29.4 Å². The van der Waals surface area contributed by atoms with Gasteiger partial charge in [-0.2, -0.15) is 0 Å². The van der Waals surface area contributed by atoms with E-state index in [1.807, 2.05) is 0 Å². The zero-order chi connectivity index (χ0) is 12.7. The van der Waals surface area contributed by atoms with Crippen LogP contribution in [-0.4, -0.2) is 25.0 Å². The largest absolute Gasteiger partial charge is 0.466 e. The van der Waals surface area contributed by atoms with E-state index in [9.17, 15) is 9.59 Å². The van der Waals surface area contributed by atoms with E-state index < -0.39 is 0 Å². The summed E-state index contributed by atoms with van der Waals surface area (Å²) in [5, 5.41) is 2.71. The molecule has 0 atom stereocenters. The fourth-order valence-corrected chi connectivity index (χ4v) is 2.15. The lowest BCUT2D eigenvalue weighted by Crippen LogP contribution is -2.24. The molecule has 17 heavy (non-hydrogen) atoms. The number of esters is 1. The number of hydrogen-bond acceptors (Lipinski definition) is 4. The Bertz CT molecular complexity index is 392. The molecule has 94 valence electrons. The molecule has 1 aromatic heterocycles. The van der Waals surface area contributed by atoms with Crippen molar-refractivity contribution < 1.29 is 14.3 Å². The molecular weight excluding hydrogens is 262 g/mol. The Labute approximate surface area is 109 Å². The van der Waals surface area contributed by atoms with Crippen LogP contribution in [-0.2, 0) is 9.53 Å². The first-order chi connectivity index (χ1) is 8.13. The van der Waals surface area contributed by atoms with Crippen LogP contribution in [0, 0.1) is 0 Å². The van der Waals surface area contributed by atoms with E-state index >= 15 is 0 Å². The van der Waals surface area contributed by atoms with Gasteiger partial charge in [-0.3, -0.25) is 9.59 Å². The summed E-state index contributed by atoms with van der Waals surface area (Å²) in [6, 6.07) is 3.35. The van der Waals surface area contributed by atoms with E-state index in [0.29, 0.717) is 35.2 Å². The molecule has 0 aromatic carbocycles. The van der Waals surface area contributed by atoms with Gasteiger partial charge in [0.15, 0.2) is 0 Å². The number of thiophene rings is 1. The monoisotopic (exact) mass is 275 g/mol. The van der Waals surface area contributed by atoms with E-state index in [4.69, 9.17) is 16.3 Å². The maximum Gasteiger partial charge on any atom is 0.305 e. The van der Waals surface area contributed by atoms with E-state index in [0.717, 1.165) is 0 Å². The van der Waals surface area contributed by atoms with Crippen molar-refractivity contribution in [2.45, 2.75) is 19.8 Å². The van der Waals surface area contributed by atoms with Gasteiger partial charge >= 0.3 is 5.97 Å². The van der Waals surface area contributed by atoms with Crippen molar-refractivity contribution in [3.05, 3.63) is 21.3 Å². The molecule has 0 unspecified atom stereocenters. The predicted octanol–water partition coefficient (Wildman–Crippen LogP) is 2.47. The first kappa shape index (κ1) is 14.0. The van der Waals surface area contributed by atoms with Gasteiger partial charge in [-0.25, -0.2) is 0 Å². The van der Waals surface area contributed by atoms with Crippen molar-refractivity contribution in [3.8, 4) is 0 Å². The van der Waals surface area contributed by atoms with Crippen LogP contribution in [0.5, 0.6) is 0 Å². The first-order valence-corrected chi connectivity index (χ1v) is 6.52. The van der Waals surface area contributed by atoms with E-state index in [-0.39, 0.29) is 11.9 Å². The average Bonchev–Trinajstić information content (AvgIpc) is 2.71. The fourth-order valence-electron chi connectivity index (χ4n) is 1.19. The van der Waals surface area contributed by atoms with Gasteiger partial charge in [-0.05, 0) is 25.5 Å². The topological polar surface area (TPSA) is 55.4 Å². The third kappa shape index (κ3) is 5.19. The Morgan fingerprint density at radius 2 is 2.24 bits per heavy atom. The Hall–Kier alpha value is -1.07. The fraction of sp³-hybridized carbons (Fsp3) is 0.455. The van der Waals surface area contributed by atoms with Crippen LogP contribution in [0.25, 0.3) is 0 Å². The molecule has 0 saturated heterocycles. The third-order valence-electron chi connectivity index (χ3n) is 1.95. The number of hydrogen-bond donors (Lipinski definition) is 1. The van der Waals surface area contributed by atoms with Gasteiger partial charge in [0, 0.05) is 13.0 Å². The SMILES string of the molecule is CCOC(=O)CCCNC(=O)c1ccc(Cl)s1. The van der Waals surface area contributed by atoms with Crippen molar-refractivity contribution in [2.24, 2.45) is 0 Å². The van der Waals surface area contributed by atoms with Crippen molar-refractivity contribution >= 4 is 34.8 Å². The zero-order valence-electron chi connectivity index (χ0n) is 9.49. The highest BCUT2D eigenvalue weighted by atomic mass is 35.5. The summed E-state index contributed by atoms with van der Waals surface area (Å²) >= 11 is 6.95. The first-order valence-electron chi connectivity index (χ1n) is 5.32. The van der Waals surface area contributed by atoms with Gasteiger partial charge < -0.3 is 10.1 Å². The Morgan fingerprint density at radius 1 is 1.47 bits per heavy atom. The summed E-state index contributed by atoms with van der Waals surface area (Å²) in [6.07, 6.45) is 0.892. The molecule has 1 heterocycles. The van der Waals surface area contributed by atoms with Gasteiger partial charge in [-0.1, -0.05) is 11.6 Å². The minimum absolute atomic E-state index is 0.161. The molecule has 0 aliphatic carbocycles. The predicted molar refractivity (Wildman–Crippen MR) is 67.5 cm³/mol. The Kier molecular flexibility index (Phi) is 6.00. The average molecular weight is 276 g/mol. The molecule has 1 N–H and O–H groups in total. The van der Waals surface area contributed by atoms with Gasteiger partial charge in [0.05, 0.1) is 15.8 Å². The molecular formula is C11H14ClNO3S. The van der Waals surface area contributed by atoms with Gasteiger partial charge in [0.2, 0.25) is 0 Å². The van der Waals surface area contributed by atoms with Gasteiger partial charge in [-0.15, -0.1) is 11.3 Å². The normalized spacial score (nSPS) is 10.0. The third-order valence-corrected chi connectivity index (χ3v) is 3.18. The standard InChI is InChI=1S/C11H14ClNO3S/c1-2-16-10(14)4-3-7-13-11(15)8-5-6-9(12)17-8/h5-6H,2-4,7H2,1H3,(H,13,15). The molecule has 0 aliphatic heterocycles. The van der Waals surface area contributed by atoms with Gasteiger partial charge in [0.25, 0.3) is 5.91 Å². The second-order valence-electron chi connectivity index (χ2n) is 3.27. The second-order valence-corrected chi connectivity index (χ2v) is 4.98. The second kappa shape index (κ2) is 7.29. The molecule has 0 radical (unpaired) electrons. The molecule has 0 fully saturated rings. The lowest BCUT2D eigenvalue weighted by molar-refractivity contribution is -0.143. The number of amides is 1. The van der Waals surface area contributed by atoms with Gasteiger partial charge in [0.1, 0.15) is 0 Å². The van der Waals surface area contributed by atoms with E-state index in [1.165, 1.54) is 11.3 Å². The van der Waals surface area contributed by atoms with Crippen molar-refractivity contribution in [2.75, 3.05) is 13.2 Å². The van der Waals surface area contributed by atoms with Crippen molar-refractivity contribution in [1.82, 2.24) is 5.32 Å². The van der Waals surface area contributed by atoms with Crippen LogP contribution < -0.4 is 5.32 Å². The summed E-state index contributed by atoms with van der Waals surface area (Å²) in [7, 11) is 0. The molecule has 6 heteroatoms. The maximum absolute atomic E-state index is 11.6. The highest BCUT2D eigenvalue weighted by Crippen LogP contribution is 2.20. The van der Waals surface area contributed by atoms with Crippen molar-refractivity contribution in [3.63, 3.8) is 0 Å². The van der Waals surface area contributed by atoms with Crippen LogP contribution in [0.4, 0.5) is 0 Å². The molecule has 1 rings (SSSR count). The molecule has 0 aliphatic rings. The van der Waals surface area contributed by atoms with Crippen LogP contribution in [0.15, 0.2) is 12.1 Å². The summed E-state index contributed by atoms with van der Waals surface area (Å²) in [6.45, 7) is 2.60. The summed E-state index contributed by atoms with van der Waals surface area (Å²) in [5.41, 5.74) is 0. The quantitative estimate of drug-likeness (QED) is 0.641. The summed E-state index contributed by atoms with van der Waals surface area (Å²) in [5.74, 6) is -0.397. The zero-order valence-corrected chi connectivity index (χ0v) is 11.1. The molecule has 0 bridgehead atoms. The molecule has 1 aromatic rings. The molecule has 0 saturated carbocycles. The summed E-state index contributed by atoms with van der Waals surface area (Å²) in [4.78, 5) is 23.1. The number of nitrogens with one attached hydrogen (secondary N) is 1.